The van der Waals surface area contributed by atoms with Crippen LogP contribution in [0.3, 0.4) is 0 Å². The van der Waals surface area contributed by atoms with E-state index in [0.29, 0.717) is 49.7 Å². The Balaban J connectivity index is 1.33. The van der Waals surface area contributed by atoms with E-state index in [2.05, 4.69) is 20.3 Å². The minimum absolute atomic E-state index is 0.0400. The lowest BCUT2D eigenvalue weighted by Crippen LogP contribution is -2.43. The Morgan fingerprint density at radius 2 is 1.97 bits per heavy atom. The molecular weight excluding hydrogens is 409 g/mol. The predicted molar refractivity (Wildman–Crippen MR) is 120 cm³/mol. The van der Waals surface area contributed by atoms with Crippen molar-refractivity contribution in [2.75, 3.05) is 31.6 Å². The topological polar surface area (TPSA) is 80.2 Å². The third-order valence-electron chi connectivity index (χ3n) is 5.32. The van der Waals surface area contributed by atoms with Gasteiger partial charge in [0.15, 0.2) is 0 Å². The standard InChI is InChI=1S/C24H26FN5O2/c1-16-13-17(2)29-24(28-16)26-10-9-23(31)30-11-12-32-22(15-30)21-8-7-18(14-27-21)19-5-3-4-6-20(19)25/h3-8,13-14,22H,9-12,15H2,1-2H3,(H,26,28,29). The molecule has 1 atom stereocenters. The van der Waals surface area contributed by atoms with Crippen molar-refractivity contribution in [1.29, 1.82) is 0 Å². The highest BCUT2D eigenvalue weighted by Crippen LogP contribution is 2.25. The third kappa shape index (κ3) is 5.26. The van der Waals surface area contributed by atoms with Gasteiger partial charge in [-0.2, -0.15) is 0 Å². The highest BCUT2D eigenvalue weighted by Gasteiger charge is 2.26. The lowest BCUT2D eigenvalue weighted by Gasteiger charge is -2.32. The Hall–Kier alpha value is -3.39. The van der Waals surface area contributed by atoms with E-state index in [9.17, 15) is 9.18 Å². The number of aryl methyl sites for hydroxylation is 2. The van der Waals surface area contributed by atoms with E-state index in [1.54, 1.807) is 29.3 Å². The molecule has 1 aliphatic heterocycles. The van der Waals surface area contributed by atoms with Crippen LogP contribution in [0.2, 0.25) is 0 Å². The molecule has 0 bridgehead atoms. The van der Waals surface area contributed by atoms with Gasteiger partial charge in [-0.25, -0.2) is 14.4 Å². The van der Waals surface area contributed by atoms with Crippen LogP contribution < -0.4 is 5.32 Å². The first-order valence-corrected chi connectivity index (χ1v) is 10.7. The van der Waals surface area contributed by atoms with E-state index in [1.807, 2.05) is 32.0 Å². The average molecular weight is 436 g/mol. The predicted octanol–water partition coefficient (Wildman–Crippen LogP) is 3.70. The molecule has 0 radical (unpaired) electrons. The Morgan fingerprint density at radius 3 is 2.69 bits per heavy atom. The number of carbonyl (C=O) groups is 1. The molecule has 1 aliphatic rings. The summed E-state index contributed by atoms with van der Waals surface area (Å²) in [5.74, 6) is 0.292. The van der Waals surface area contributed by atoms with E-state index in [4.69, 9.17) is 4.74 Å². The molecule has 1 unspecified atom stereocenters. The molecule has 0 spiro atoms. The van der Waals surface area contributed by atoms with Crippen molar-refractivity contribution in [2.45, 2.75) is 26.4 Å². The van der Waals surface area contributed by atoms with Crippen molar-refractivity contribution in [1.82, 2.24) is 19.9 Å². The van der Waals surface area contributed by atoms with E-state index < -0.39 is 0 Å². The first-order chi connectivity index (χ1) is 15.5. The van der Waals surface area contributed by atoms with Crippen molar-refractivity contribution >= 4 is 11.9 Å². The molecule has 1 fully saturated rings. The number of amides is 1. The zero-order valence-corrected chi connectivity index (χ0v) is 18.2. The van der Waals surface area contributed by atoms with Gasteiger partial charge in [0, 0.05) is 48.2 Å². The summed E-state index contributed by atoms with van der Waals surface area (Å²) in [5.41, 5.74) is 3.71. The van der Waals surface area contributed by atoms with E-state index in [0.717, 1.165) is 17.1 Å². The van der Waals surface area contributed by atoms with Gasteiger partial charge in [0.1, 0.15) is 11.9 Å². The van der Waals surface area contributed by atoms with Crippen LogP contribution in [0, 0.1) is 19.7 Å². The number of morpholine rings is 1. The lowest BCUT2D eigenvalue weighted by atomic mass is 10.1. The van der Waals surface area contributed by atoms with Gasteiger partial charge in [-0.1, -0.05) is 24.3 Å². The lowest BCUT2D eigenvalue weighted by molar-refractivity contribution is -0.138. The quantitative estimate of drug-likeness (QED) is 0.636. The largest absolute Gasteiger partial charge is 0.368 e. The van der Waals surface area contributed by atoms with Gasteiger partial charge in [0.05, 0.1) is 18.8 Å². The monoisotopic (exact) mass is 435 g/mol. The van der Waals surface area contributed by atoms with Gasteiger partial charge >= 0.3 is 0 Å². The first-order valence-electron chi connectivity index (χ1n) is 10.7. The van der Waals surface area contributed by atoms with Gasteiger partial charge in [0.2, 0.25) is 11.9 Å². The number of hydrogen-bond acceptors (Lipinski definition) is 6. The fraction of sp³-hybridized carbons (Fsp3) is 0.333. The molecule has 0 aliphatic carbocycles. The second-order valence-electron chi connectivity index (χ2n) is 7.80. The minimum Gasteiger partial charge on any atom is -0.368 e. The number of nitrogens with zero attached hydrogens (tertiary/aromatic N) is 4. The van der Waals surface area contributed by atoms with Crippen LogP contribution in [0.25, 0.3) is 11.1 Å². The zero-order valence-electron chi connectivity index (χ0n) is 18.2. The highest BCUT2D eigenvalue weighted by atomic mass is 19.1. The molecule has 32 heavy (non-hydrogen) atoms. The molecule has 166 valence electrons. The number of benzene rings is 1. The summed E-state index contributed by atoms with van der Waals surface area (Å²) in [6, 6.07) is 12.2. The summed E-state index contributed by atoms with van der Waals surface area (Å²) in [4.78, 5) is 27.6. The van der Waals surface area contributed by atoms with Crippen LogP contribution >= 0.6 is 0 Å². The molecule has 7 nitrogen and oxygen atoms in total. The number of anilines is 1. The summed E-state index contributed by atoms with van der Waals surface area (Å²) in [7, 11) is 0. The molecule has 8 heteroatoms. The Labute approximate surface area is 186 Å². The van der Waals surface area contributed by atoms with E-state index in [1.165, 1.54) is 6.07 Å². The Bertz CT molecular complexity index is 1070. The number of aromatic nitrogens is 3. The van der Waals surface area contributed by atoms with Crippen LogP contribution in [-0.4, -0.2) is 52.0 Å². The fourth-order valence-corrected chi connectivity index (χ4v) is 3.75. The third-order valence-corrected chi connectivity index (χ3v) is 5.32. The van der Waals surface area contributed by atoms with Crippen molar-refractivity contribution in [3.8, 4) is 11.1 Å². The van der Waals surface area contributed by atoms with Crippen molar-refractivity contribution in [3.05, 3.63) is 71.6 Å². The molecular formula is C24H26FN5O2. The maximum Gasteiger partial charge on any atom is 0.224 e. The molecule has 1 amide bonds. The number of carbonyl (C=O) groups excluding carboxylic acids is 1. The van der Waals surface area contributed by atoms with Crippen molar-refractivity contribution < 1.29 is 13.9 Å². The summed E-state index contributed by atoms with van der Waals surface area (Å²) < 4.78 is 19.9. The number of hydrogen-bond donors (Lipinski definition) is 1. The van der Waals surface area contributed by atoms with Crippen LogP contribution in [0.5, 0.6) is 0 Å². The number of pyridine rings is 1. The van der Waals surface area contributed by atoms with Crippen molar-refractivity contribution in [2.24, 2.45) is 0 Å². The molecule has 1 aromatic carbocycles. The smallest absolute Gasteiger partial charge is 0.224 e. The Kier molecular flexibility index (Phi) is 6.70. The molecule has 4 rings (SSSR count). The molecule has 3 heterocycles. The Morgan fingerprint density at radius 1 is 1.19 bits per heavy atom. The van der Waals surface area contributed by atoms with Gasteiger partial charge in [0.25, 0.3) is 0 Å². The maximum atomic E-state index is 14.0. The van der Waals surface area contributed by atoms with Gasteiger partial charge in [-0.05, 0) is 32.0 Å². The SMILES string of the molecule is Cc1cc(C)nc(NCCC(=O)N2CCOC(c3ccc(-c4ccccc4F)cn3)C2)n1. The summed E-state index contributed by atoms with van der Waals surface area (Å²) >= 11 is 0. The van der Waals surface area contributed by atoms with E-state index in [-0.39, 0.29) is 17.8 Å². The maximum absolute atomic E-state index is 14.0. The number of ether oxygens (including phenoxy) is 1. The molecule has 1 saturated heterocycles. The first kappa shape index (κ1) is 21.8. The summed E-state index contributed by atoms with van der Waals surface area (Å²) in [6.07, 6.45) is 1.67. The van der Waals surface area contributed by atoms with Crippen molar-refractivity contribution in [3.63, 3.8) is 0 Å². The van der Waals surface area contributed by atoms with Gasteiger partial charge < -0.3 is 15.0 Å². The van der Waals surface area contributed by atoms with E-state index >= 15 is 0 Å². The zero-order chi connectivity index (χ0) is 22.5. The molecule has 2 aromatic heterocycles. The molecule has 1 N–H and O–H groups in total. The van der Waals surface area contributed by atoms with Crippen LogP contribution in [-0.2, 0) is 9.53 Å². The summed E-state index contributed by atoms with van der Waals surface area (Å²) in [6.45, 7) is 5.71. The second kappa shape index (κ2) is 9.82. The number of halogens is 1. The minimum atomic E-state index is -0.307. The number of nitrogens with one attached hydrogen (secondary N) is 1. The normalized spacial score (nSPS) is 16.1. The molecule has 3 aromatic rings. The van der Waals surface area contributed by atoms with Crippen LogP contribution in [0.15, 0.2) is 48.7 Å². The highest BCUT2D eigenvalue weighted by molar-refractivity contribution is 5.76. The fourth-order valence-electron chi connectivity index (χ4n) is 3.75. The van der Waals surface area contributed by atoms with Gasteiger partial charge in [-0.15, -0.1) is 0 Å². The van der Waals surface area contributed by atoms with Crippen LogP contribution in [0.1, 0.15) is 29.6 Å². The van der Waals surface area contributed by atoms with Gasteiger partial charge in [-0.3, -0.25) is 9.78 Å². The average Bonchev–Trinajstić information content (AvgIpc) is 2.79. The van der Waals surface area contributed by atoms with Crippen LogP contribution in [0.4, 0.5) is 10.3 Å². The summed E-state index contributed by atoms with van der Waals surface area (Å²) in [5, 5.41) is 3.12. The number of rotatable bonds is 6. The molecule has 0 saturated carbocycles. The second-order valence-corrected chi connectivity index (χ2v) is 7.80.